The van der Waals surface area contributed by atoms with Crippen molar-refractivity contribution in [2.24, 2.45) is 5.73 Å². The molecule has 0 saturated carbocycles. The molecule has 0 aliphatic heterocycles. The Kier molecular flexibility index (Phi) is 6.75. The first-order valence-corrected chi connectivity index (χ1v) is 6.15. The maximum atomic E-state index is 10.0. The van der Waals surface area contributed by atoms with E-state index in [-0.39, 0.29) is 11.5 Å². The lowest BCUT2D eigenvalue weighted by Crippen LogP contribution is -2.27. The number of amides is 1. The van der Waals surface area contributed by atoms with Crippen LogP contribution in [0.4, 0.5) is 4.79 Å². The molecule has 0 radical (unpaired) electrons. The number of carbonyl (C=O) groups excluding carboxylic acids is 1. The summed E-state index contributed by atoms with van der Waals surface area (Å²) in [6.07, 6.45) is 1.26. The second-order valence-corrected chi connectivity index (χ2v) is 5.11. The molecule has 0 aromatic heterocycles. The van der Waals surface area contributed by atoms with Gasteiger partial charge in [0.1, 0.15) is 5.60 Å². The van der Waals surface area contributed by atoms with Crippen LogP contribution in [0.1, 0.15) is 39.7 Å². The van der Waals surface area contributed by atoms with E-state index in [4.69, 9.17) is 15.9 Å². The zero-order valence-corrected chi connectivity index (χ0v) is 11.9. The van der Waals surface area contributed by atoms with Crippen LogP contribution < -0.4 is 5.73 Å². The van der Waals surface area contributed by atoms with Crippen LogP contribution in [0.2, 0.25) is 0 Å². The van der Waals surface area contributed by atoms with Gasteiger partial charge in [0.2, 0.25) is 0 Å². The van der Waals surface area contributed by atoms with Gasteiger partial charge in [0.25, 0.3) is 0 Å². The molecule has 0 saturated heterocycles. The van der Waals surface area contributed by atoms with Crippen molar-refractivity contribution in [3.05, 3.63) is 23.8 Å². The van der Waals surface area contributed by atoms with Crippen molar-refractivity contribution < 1.29 is 19.7 Å². The Morgan fingerprint density at radius 3 is 2.16 bits per heavy atom. The minimum absolute atomic E-state index is 0.0315. The van der Waals surface area contributed by atoms with E-state index in [1.165, 1.54) is 6.07 Å². The van der Waals surface area contributed by atoms with E-state index in [1.807, 2.05) is 6.07 Å². The molecular weight excluding hydrogens is 246 g/mol. The van der Waals surface area contributed by atoms with Crippen LogP contribution in [-0.4, -0.2) is 21.9 Å². The number of phenolic OH excluding ortho intramolecular Hbond substituents is 2. The minimum atomic E-state index is -0.725. The molecule has 0 fully saturated rings. The summed E-state index contributed by atoms with van der Waals surface area (Å²) in [7, 11) is 0. The summed E-state index contributed by atoms with van der Waals surface area (Å²) in [5.74, 6) is -0.0826. The minimum Gasteiger partial charge on any atom is -0.504 e. The van der Waals surface area contributed by atoms with Crippen LogP contribution in [0.5, 0.6) is 11.5 Å². The van der Waals surface area contributed by atoms with E-state index >= 15 is 0 Å². The predicted molar refractivity (Wildman–Crippen MR) is 74.2 cm³/mol. The monoisotopic (exact) mass is 269 g/mol. The summed E-state index contributed by atoms with van der Waals surface area (Å²) in [5.41, 5.74) is 5.32. The molecule has 19 heavy (non-hydrogen) atoms. The molecule has 5 heteroatoms. The van der Waals surface area contributed by atoms with Gasteiger partial charge < -0.3 is 20.7 Å². The van der Waals surface area contributed by atoms with Gasteiger partial charge in [-0.25, -0.2) is 4.79 Å². The van der Waals surface area contributed by atoms with Crippen LogP contribution in [-0.2, 0) is 11.2 Å². The molecule has 0 heterocycles. The van der Waals surface area contributed by atoms with Crippen molar-refractivity contribution >= 4 is 6.09 Å². The van der Waals surface area contributed by atoms with E-state index in [0.29, 0.717) is 0 Å². The third-order valence-electron chi connectivity index (χ3n) is 1.99. The second-order valence-electron chi connectivity index (χ2n) is 5.11. The Hall–Kier alpha value is -1.91. The topological polar surface area (TPSA) is 92.8 Å². The Bertz CT molecular complexity index is 410. The summed E-state index contributed by atoms with van der Waals surface area (Å²) in [4.78, 5) is 10.0. The second kappa shape index (κ2) is 7.51. The first-order valence-electron chi connectivity index (χ1n) is 6.15. The fourth-order valence-electron chi connectivity index (χ4n) is 1.31. The summed E-state index contributed by atoms with van der Waals surface area (Å²) in [6, 6.07) is 4.93. The Morgan fingerprint density at radius 2 is 1.84 bits per heavy atom. The lowest BCUT2D eigenvalue weighted by atomic mass is 10.1. The highest BCUT2D eigenvalue weighted by atomic mass is 16.6. The maximum Gasteiger partial charge on any atom is 0.405 e. The van der Waals surface area contributed by atoms with E-state index in [1.54, 1.807) is 26.8 Å². The summed E-state index contributed by atoms with van der Waals surface area (Å²) in [5, 5.41) is 18.0. The number of hydrogen-bond donors (Lipinski definition) is 3. The maximum absolute atomic E-state index is 10.0. The molecule has 0 atom stereocenters. The average Bonchev–Trinajstić information content (AvgIpc) is 2.21. The highest BCUT2D eigenvalue weighted by Crippen LogP contribution is 2.25. The number of rotatable bonds is 2. The SMILES string of the molecule is CC(C)(C)OC(N)=O.CCCc1ccc(O)c(O)c1. The van der Waals surface area contributed by atoms with Gasteiger partial charge in [-0.05, 0) is 44.9 Å². The Balaban J connectivity index is 0.000000362. The van der Waals surface area contributed by atoms with Gasteiger partial charge in [-0.2, -0.15) is 0 Å². The van der Waals surface area contributed by atoms with Crippen molar-refractivity contribution in [3.8, 4) is 11.5 Å². The van der Waals surface area contributed by atoms with Crippen LogP contribution in [0.3, 0.4) is 0 Å². The van der Waals surface area contributed by atoms with Crippen molar-refractivity contribution in [2.75, 3.05) is 0 Å². The number of ether oxygens (including phenoxy) is 1. The number of phenols is 2. The molecule has 0 bridgehead atoms. The quantitative estimate of drug-likeness (QED) is 0.720. The van der Waals surface area contributed by atoms with Crippen molar-refractivity contribution in [1.82, 2.24) is 0 Å². The highest BCUT2D eigenvalue weighted by molar-refractivity contribution is 5.65. The number of nitrogens with two attached hydrogens (primary N) is 1. The zero-order valence-electron chi connectivity index (χ0n) is 11.9. The van der Waals surface area contributed by atoms with Gasteiger partial charge in [-0.3, -0.25) is 0 Å². The summed E-state index contributed by atoms with van der Waals surface area (Å²) < 4.78 is 4.58. The number of hydrogen-bond acceptors (Lipinski definition) is 4. The molecule has 0 spiro atoms. The number of carbonyl (C=O) groups is 1. The largest absolute Gasteiger partial charge is 0.504 e. The first kappa shape index (κ1) is 17.1. The summed E-state index contributed by atoms with van der Waals surface area (Å²) >= 11 is 0. The third kappa shape index (κ3) is 8.77. The lowest BCUT2D eigenvalue weighted by molar-refractivity contribution is 0.0600. The molecule has 0 aliphatic carbocycles. The molecule has 0 aliphatic rings. The van der Waals surface area contributed by atoms with Crippen LogP contribution in [0.25, 0.3) is 0 Å². The molecular formula is C14H23NO4. The van der Waals surface area contributed by atoms with Crippen LogP contribution in [0.15, 0.2) is 18.2 Å². The third-order valence-corrected chi connectivity index (χ3v) is 1.99. The fraction of sp³-hybridized carbons (Fsp3) is 0.500. The van der Waals surface area contributed by atoms with Gasteiger partial charge in [-0.1, -0.05) is 19.4 Å². The van der Waals surface area contributed by atoms with Crippen molar-refractivity contribution in [3.63, 3.8) is 0 Å². The number of aryl methyl sites for hydroxylation is 1. The standard InChI is InChI=1S/C9H12O2.C5H11NO2/c1-2-3-7-4-5-8(10)9(11)6-7;1-5(2,3)8-4(6)7/h4-6,10-11H,2-3H2,1H3;1-3H3,(H2,6,7). The number of primary amides is 1. The van der Waals surface area contributed by atoms with Gasteiger partial charge >= 0.3 is 6.09 Å². The lowest BCUT2D eigenvalue weighted by Gasteiger charge is -2.16. The molecule has 108 valence electrons. The van der Waals surface area contributed by atoms with Crippen molar-refractivity contribution in [1.29, 1.82) is 0 Å². The molecule has 0 unspecified atom stereocenters. The molecule has 1 aromatic carbocycles. The highest BCUT2D eigenvalue weighted by Gasteiger charge is 2.12. The van der Waals surface area contributed by atoms with Gasteiger partial charge in [0, 0.05) is 0 Å². The molecule has 1 rings (SSSR count). The summed E-state index contributed by atoms with van der Waals surface area (Å²) in [6.45, 7) is 7.36. The normalized spacial score (nSPS) is 10.3. The molecule has 1 aromatic rings. The van der Waals surface area contributed by atoms with E-state index < -0.39 is 11.7 Å². The molecule has 4 N–H and O–H groups in total. The Labute approximate surface area is 114 Å². The van der Waals surface area contributed by atoms with E-state index in [0.717, 1.165) is 18.4 Å². The van der Waals surface area contributed by atoms with Crippen LogP contribution in [0, 0.1) is 0 Å². The fourth-order valence-corrected chi connectivity index (χ4v) is 1.31. The first-order chi connectivity index (χ1) is 8.65. The number of aromatic hydroxyl groups is 2. The van der Waals surface area contributed by atoms with Gasteiger partial charge in [-0.15, -0.1) is 0 Å². The Morgan fingerprint density at radius 1 is 1.26 bits per heavy atom. The molecule has 1 amide bonds. The van der Waals surface area contributed by atoms with Crippen LogP contribution >= 0.6 is 0 Å². The smallest absolute Gasteiger partial charge is 0.405 e. The number of benzene rings is 1. The van der Waals surface area contributed by atoms with Gasteiger partial charge in [0.15, 0.2) is 11.5 Å². The van der Waals surface area contributed by atoms with Gasteiger partial charge in [0.05, 0.1) is 0 Å². The molecule has 5 nitrogen and oxygen atoms in total. The van der Waals surface area contributed by atoms with E-state index in [9.17, 15) is 4.79 Å². The average molecular weight is 269 g/mol. The van der Waals surface area contributed by atoms with Crippen molar-refractivity contribution in [2.45, 2.75) is 46.1 Å². The predicted octanol–water partition coefficient (Wildman–Crippen LogP) is 2.93. The zero-order chi connectivity index (χ0) is 15.1. The van der Waals surface area contributed by atoms with E-state index in [2.05, 4.69) is 11.7 Å².